The quantitative estimate of drug-likeness (QED) is 0.846. The van der Waals surface area contributed by atoms with Crippen LogP contribution >= 0.6 is 15.9 Å². The van der Waals surface area contributed by atoms with Crippen molar-refractivity contribution in [1.29, 1.82) is 0 Å². The molecule has 1 N–H and O–H groups in total. The molecule has 0 fully saturated rings. The molecule has 0 atom stereocenters. The van der Waals surface area contributed by atoms with Crippen molar-refractivity contribution in [3.63, 3.8) is 0 Å². The van der Waals surface area contributed by atoms with Gasteiger partial charge in [-0.25, -0.2) is 4.98 Å². The van der Waals surface area contributed by atoms with Crippen LogP contribution in [0.5, 0.6) is 0 Å². The highest BCUT2D eigenvalue weighted by atomic mass is 79.9. The highest BCUT2D eigenvalue weighted by Crippen LogP contribution is 2.14. The van der Waals surface area contributed by atoms with Gasteiger partial charge >= 0.3 is 0 Å². The van der Waals surface area contributed by atoms with E-state index in [4.69, 9.17) is 0 Å². The Morgan fingerprint density at radius 1 is 1.53 bits per heavy atom. The van der Waals surface area contributed by atoms with E-state index in [2.05, 4.69) is 26.2 Å². The van der Waals surface area contributed by atoms with Gasteiger partial charge in [-0.1, -0.05) is 0 Å². The summed E-state index contributed by atoms with van der Waals surface area (Å²) in [7, 11) is 1.58. The van der Waals surface area contributed by atoms with Crippen LogP contribution in [0.1, 0.15) is 17.3 Å². The van der Waals surface area contributed by atoms with Crippen molar-refractivity contribution < 1.29 is 9.59 Å². The number of hydrogen-bond donors (Lipinski definition) is 1. The molecule has 1 rings (SSSR count). The summed E-state index contributed by atoms with van der Waals surface area (Å²) in [4.78, 5) is 28.6. The van der Waals surface area contributed by atoms with Gasteiger partial charge in [0.05, 0.1) is 12.1 Å². The van der Waals surface area contributed by atoms with E-state index in [0.717, 1.165) is 0 Å². The summed E-state index contributed by atoms with van der Waals surface area (Å²) in [6.45, 7) is 2.42. The van der Waals surface area contributed by atoms with Gasteiger partial charge in [-0.2, -0.15) is 0 Å². The van der Waals surface area contributed by atoms with E-state index in [1.54, 1.807) is 25.4 Å². The van der Waals surface area contributed by atoms with Crippen LogP contribution in [0.15, 0.2) is 22.9 Å². The molecule has 1 heterocycles. The van der Waals surface area contributed by atoms with Crippen LogP contribution in [0, 0.1) is 0 Å². The van der Waals surface area contributed by atoms with Crippen LogP contribution in [-0.2, 0) is 4.79 Å². The van der Waals surface area contributed by atoms with Crippen molar-refractivity contribution in [3.8, 4) is 0 Å². The first-order chi connectivity index (χ1) is 8.06. The van der Waals surface area contributed by atoms with Crippen molar-refractivity contribution in [2.24, 2.45) is 0 Å². The summed E-state index contributed by atoms with van der Waals surface area (Å²) < 4.78 is 0.479. The van der Waals surface area contributed by atoms with Crippen molar-refractivity contribution in [2.75, 3.05) is 20.1 Å². The lowest BCUT2D eigenvalue weighted by Crippen LogP contribution is -2.38. The van der Waals surface area contributed by atoms with Crippen LogP contribution in [0.2, 0.25) is 0 Å². The second kappa shape index (κ2) is 6.34. The zero-order valence-corrected chi connectivity index (χ0v) is 11.3. The van der Waals surface area contributed by atoms with E-state index < -0.39 is 0 Å². The van der Waals surface area contributed by atoms with Crippen LogP contribution < -0.4 is 5.32 Å². The molecule has 5 nitrogen and oxygen atoms in total. The number of nitrogens with one attached hydrogen (secondary N) is 1. The van der Waals surface area contributed by atoms with Crippen LogP contribution in [0.25, 0.3) is 0 Å². The molecule has 0 radical (unpaired) electrons. The lowest BCUT2D eigenvalue weighted by molar-refractivity contribution is -0.121. The molecule has 0 saturated carbocycles. The van der Waals surface area contributed by atoms with Gasteiger partial charge < -0.3 is 10.2 Å². The molecule has 1 aromatic rings. The molecule has 2 amide bonds. The van der Waals surface area contributed by atoms with Crippen molar-refractivity contribution in [2.45, 2.75) is 6.92 Å². The molecule has 0 unspecified atom stereocenters. The molecule has 0 spiro atoms. The third-order valence-electron chi connectivity index (χ3n) is 2.09. The minimum atomic E-state index is -0.240. The maximum atomic E-state index is 12.0. The average Bonchev–Trinajstić information content (AvgIpc) is 2.29. The fraction of sp³-hybridized carbons (Fsp3) is 0.364. The monoisotopic (exact) mass is 299 g/mol. The van der Waals surface area contributed by atoms with Gasteiger partial charge in [0.25, 0.3) is 5.91 Å². The summed E-state index contributed by atoms with van der Waals surface area (Å²) in [6, 6.07) is 3.34. The molecule has 6 heteroatoms. The number of carbonyl (C=O) groups excluding carboxylic acids is 2. The Kier molecular flexibility index (Phi) is 5.09. The van der Waals surface area contributed by atoms with E-state index in [1.165, 1.54) is 4.90 Å². The maximum absolute atomic E-state index is 12.0. The molecule has 0 aliphatic rings. The summed E-state index contributed by atoms with van der Waals surface area (Å²) in [6.07, 6.45) is 1.59. The SMILES string of the molecule is CCNC(=O)CN(C)C(=O)c1cccnc1Br. The standard InChI is InChI=1S/C11H14BrN3O2/c1-3-13-9(16)7-15(2)11(17)8-5-4-6-14-10(8)12/h4-6H,3,7H2,1-2H3,(H,13,16). The largest absolute Gasteiger partial charge is 0.355 e. The van der Waals surface area contributed by atoms with E-state index in [-0.39, 0.29) is 18.4 Å². The first-order valence-corrected chi connectivity index (χ1v) is 5.98. The second-order valence-electron chi connectivity index (χ2n) is 3.46. The third kappa shape index (κ3) is 3.81. The molecule has 0 bridgehead atoms. The predicted octanol–water partition coefficient (Wildman–Crippen LogP) is 1.05. The first-order valence-electron chi connectivity index (χ1n) is 5.19. The molecule has 1 aromatic heterocycles. The van der Waals surface area contributed by atoms with Gasteiger partial charge in [0.2, 0.25) is 5.91 Å². The topological polar surface area (TPSA) is 62.3 Å². The molecule has 0 aliphatic heterocycles. The number of amides is 2. The number of hydrogen-bond acceptors (Lipinski definition) is 3. The van der Waals surface area contributed by atoms with Gasteiger partial charge in [-0.15, -0.1) is 0 Å². The minimum absolute atomic E-state index is 0.0357. The van der Waals surface area contributed by atoms with Gasteiger partial charge in [0, 0.05) is 19.8 Å². The van der Waals surface area contributed by atoms with Crippen molar-refractivity contribution in [1.82, 2.24) is 15.2 Å². The molecule has 0 aromatic carbocycles. The van der Waals surface area contributed by atoms with Crippen molar-refractivity contribution >= 4 is 27.7 Å². The van der Waals surface area contributed by atoms with E-state index in [9.17, 15) is 9.59 Å². The summed E-state index contributed by atoms with van der Waals surface area (Å²) in [5.41, 5.74) is 0.444. The molecule has 0 aliphatic carbocycles. The van der Waals surface area contributed by atoms with Crippen LogP contribution in [-0.4, -0.2) is 41.8 Å². The number of nitrogens with zero attached hydrogens (tertiary/aromatic N) is 2. The molecule has 0 saturated heterocycles. The second-order valence-corrected chi connectivity index (χ2v) is 4.21. The fourth-order valence-corrected chi connectivity index (χ4v) is 1.71. The highest BCUT2D eigenvalue weighted by Gasteiger charge is 2.17. The predicted molar refractivity (Wildman–Crippen MR) is 67.6 cm³/mol. The first kappa shape index (κ1) is 13.6. The van der Waals surface area contributed by atoms with Gasteiger partial charge in [-0.3, -0.25) is 9.59 Å². The highest BCUT2D eigenvalue weighted by molar-refractivity contribution is 9.10. The van der Waals surface area contributed by atoms with E-state index in [0.29, 0.717) is 16.7 Å². The maximum Gasteiger partial charge on any atom is 0.256 e. The number of carbonyl (C=O) groups is 2. The van der Waals surface area contributed by atoms with Crippen LogP contribution in [0.4, 0.5) is 0 Å². The van der Waals surface area contributed by atoms with Crippen molar-refractivity contribution in [3.05, 3.63) is 28.5 Å². The Morgan fingerprint density at radius 2 is 2.24 bits per heavy atom. The Morgan fingerprint density at radius 3 is 2.82 bits per heavy atom. The average molecular weight is 300 g/mol. The number of aromatic nitrogens is 1. The number of halogens is 1. The Balaban J connectivity index is 2.70. The van der Waals surface area contributed by atoms with Gasteiger partial charge in [0.1, 0.15) is 4.60 Å². The lowest BCUT2D eigenvalue weighted by Gasteiger charge is -2.16. The summed E-state index contributed by atoms with van der Waals surface area (Å²) in [5, 5.41) is 2.64. The number of rotatable bonds is 4. The molecular weight excluding hydrogens is 286 g/mol. The third-order valence-corrected chi connectivity index (χ3v) is 2.72. The smallest absolute Gasteiger partial charge is 0.256 e. The summed E-state index contributed by atoms with van der Waals surface area (Å²) >= 11 is 3.20. The Bertz CT molecular complexity index is 423. The van der Waals surface area contributed by atoms with Crippen LogP contribution in [0.3, 0.4) is 0 Å². The summed E-state index contributed by atoms with van der Waals surface area (Å²) in [5.74, 6) is -0.417. The lowest BCUT2D eigenvalue weighted by atomic mass is 10.2. The number of likely N-dealkylation sites (N-methyl/N-ethyl adjacent to an activating group) is 2. The van der Waals surface area contributed by atoms with Gasteiger partial charge in [0.15, 0.2) is 0 Å². The van der Waals surface area contributed by atoms with Gasteiger partial charge in [-0.05, 0) is 35.0 Å². The number of pyridine rings is 1. The zero-order valence-electron chi connectivity index (χ0n) is 9.74. The van der Waals surface area contributed by atoms with E-state index >= 15 is 0 Å². The molecule has 17 heavy (non-hydrogen) atoms. The minimum Gasteiger partial charge on any atom is -0.355 e. The molecular formula is C11H14BrN3O2. The normalized spacial score (nSPS) is 9.82. The van der Waals surface area contributed by atoms with E-state index in [1.807, 2.05) is 6.92 Å². The molecule has 92 valence electrons. The Labute approximate surface area is 108 Å². The Hall–Kier alpha value is -1.43. The fourth-order valence-electron chi connectivity index (χ4n) is 1.29. The zero-order chi connectivity index (χ0) is 12.8.